The van der Waals surface area contributed by atoms with E-state index in [0.29, 0.717) is 42.8 Å². The number of unbranched alkanes of at least 4 members (excludes halogenated alkanes) is 1. The standard InChI is InChI=1S/C39H45ClN4O6/c1-23-13-32-33(41-21-31-18-29-10-6-7-11-34(29)44(31)39(32)49)19-36(23)50-22-28-15-27(20-40)16-30(17-28)43-38(48)24(2)14-35(46)26(4)42-37(47)12-8-5-9-25(3)45/h6-7,10-11,13,15-17,19,24,26,31,41H,5,8-9,12,14,18,20-22H2,1-4H3,(H,42,47)(H,43,48)/t24-,26+,31+/m1/s1. The second kappa shape index (κ2) is 16.3. The van der Waals surface area contributed by atoms with Crippen molar-refractivity contribution in [2.24, 2.45) is 5.92 Å². The maximum absolute atomic E-state index is 13.7. The average Bonchev–Trinajstić information content (AvgIpc) is 3.40. The van der Waals surface area contributed by atoms with E-state index in [4.69, 9.17) is 16.3 Å². The van der Waals surface area contributed by atoms with Crippen LogP contribution in [-0.2, 0) is 38.1 Å². The number of hydrogen-bond donors (Lipinski definition) is 3. The van der Waals surface area contributed by atoms with E-state index in [9.17, 15) is 24.0 Å². The fourth-order valence-electron chi connectivity index (χ4n) is 6.47. The lowest BCUT2D eigenvalue weighted by Gasteiger charge is -2.22. The molecule has 5 rings (SSSR count). The molecule has 3 atom stereocenters. The van der Waals surface area contributed by atoms with Crippen molar-refractivity contribution in [1.82, 2.24) is 5.32 Å². The summed E-state index contributed by atoms with van der Waals surface area (Å²) >= 11 is 6.20. The van der Waals surface area contributed by atoms with Gasteiger partial charge in [-0.3, -0.25) is 19.2 Å². The molecular weight excluding hydrogens is 656 g/mol. The van der Waals surface area contributed by atoms with Gasteiger partial charge in [-0.05, 0) is 86.6 Å². The van der Waals surface area contributed by atoms with Gasteiger partial charge < -0.3 is 30.4 Å². The summed E-state index contributed by atoms with van der Waals surface area (Å²) in [5, 5.41) is 9.06. The summed E-state index contributed by atoms with van der Waals surface area (Å²) in [5.74, 6) is -0.557. The van der Waals surface area contributed by atoms with Gasteiger partial charge in [0.1, 0.15) is 18.1 Å². The molecule has 2 heterocycles. The largest absolute Gasteiger partial charge is 0.489 e. The zero-order chi connectivity index (χ0) is 35.9. The number of ketones is 2. The van der Waals surface area contributed by atoms with Crippen LogP contribution in [0.25, 0.3) is 0 Å². The highest BCUT2D eigenvalue weighted by atomic mass is 35.5. The first-order chi connectivity index (χ1) is 23.9. The molecule has 3 aromatic carbocycles. The minimum atomic E-state index is -0.729. The summed E-state index contributed by atoms with van der Waals surface area (Å²) in [5.41, 5.74) is 6.41. The molecule has 2 aliphatic rings. The number of carbonyl (C=O) groups is 5. The summed E-state index contributed by atoms with van der Waals surface area (Å²) in [7, 11) is 0. The average molecular weight is 701 g/mol. The number of Topliss-reactive ketones (excluding diaryl/α,β-unsaturated/α-hetero) is 2. The third kappa shape index (κ3) is 8.90. The first kappa shape index (κ1) is 36.6. The molecule has 0 aliphatic carbocycles. The third-order valence-corrected chi connectivity index (χ3v) is 9.54. The lowest BCUT2D eigenvalue weighted by atomic mass is 9.99. The van der Waals surface area contributed by atoms with Crippen LogP contribution in [0.1, 0.15) is 85.5 Å². The Kier molecular flexibility index (Phi) is 12.0. The van der Waals surface area contributed by atoms with Crippen molar-refractivity contribution in [2.75, 3.05) is 22.1 Å². The Bertz CT molecular complexity index is 1790. The molecule has 0 saturated carbocycles. The molecule has 0 bridgehead atoms. The van der Waals surface area contributed by atoms with Gasteiger partial charge in [0.2, 0.25) is 11.8 Å². The molecule has 3 amide bonds. The summed E-state index contributed by atoms with van der Waals surface area (Å²) in [6.07, 6.45) is 2.63. The van der Waals surface area contributed by atoms with E-state index in [1.807, 2.05) is 54.3 Å². The van der Waals surface area contributed by atoms with Gasteiger partial charge in [0.25, 0.3) is 5.91 Å². The van der Waals surface area contributed by atoms with Crippen LogP contribution in [0, 0.1) is 12.8 Å². The molecule has 11 heteroatoms. The number of fused-ring (bicyclic) bond motifs is 4. The monoisotopic (exact) mass is 700 g/mol. The van der Waals surface area contributed by atoms with Crippen LogP contribution >= 0.6 is 11.6 Å². The highest BCUT2D eigenvalue weighted by Crippen LogP contribution is 2.38. The lowest BCUT2D eigenvalue weighted by molar-refractivity contribution is -0.129. The number of aryl methyl sites for hydroxylation is 1. The van der Waals surface area contributed by atoms with Crippen molar-refractivity contribution in [1.29, 1.82) is 0 Å². The third-order valence-electron chi connectivity index (χ3n) is 9.23. The molecule has 0 fully saturated rings. The Hall–Kier alpha value is -4.70. The van der Waals surface area contributed by atoms with Gasteiger partial charge in [-0.2, -0.15) is 0 Å². The number of ether oxygens (including phenoxy) is 1. The highest BCUT2D eigenvalue weighted by Gasteiger charge is 2.37. The number of carbonyl (C=O) groups excluding carboxylic acids is 5. The summed E-state index contributed by atoms with van der Waals surface area (Å²) in [6.45, 7) is 7.53. The van der Waals surface area contributed by atoms with Gasteiger partial charge in [-0.1, -0.05) is 31.2 Å². The lowest BCUT2D eigenvalue weighted by Crippen LogP contribution is -2.39. The van der Waals surface area contributed by atoms with Gasteiger partial charge in [-0.25, -0.2) is 0 Å². The minimum Gasteiger partial charge on any atom is -0.489 e. The van der Waals surface area contributed by atoms with E-state index in [1.165, 1.54) is 12.5 Å². The van der Waals surface area contributed by atoms with Crippen LogP contribution < -0.4 is 25.6 Å². The van der Waals surface area contributed by atoms with Crippen molar-refractivity contribution >= 4 is 58.0 Å². The van der Waals surface area contributed by atoms with Crippen LogP contribution in [0.3, 0.4) is 0 Å². The Balaban J connectivity index is 1.18. The fourth-order valence-corrected chi connectivity index (χ4v) is 6.62. The minimum absolute atomic E-state index is 0.0302. The van der Waals surface area contributed by atoms with Gasteiger partial charge in [0.05, 0.1) is 23.3 Å². The first-order valence-corrected chi connectivity index (χ1v) is 17.7. The molecule has 3 aromatic rings. The van der Waals surface area contributed by atoms with Crippen LogP contribution in [0.4, 0.5) is 17.1 Å². The number of halogens is 1. The molecule has 2 aliphatic heterocycles. The predicted octanol–water partition coefficient (Wildman–Crippen LogP) is 6.50. The van der Waals surface area contributed by atoms with Crippen molar-refractivity contribution < 1.29 is 28.7 Å². The molecular formula is C39H45ClN4O6. The van der Waals surface area contributed by atoms with Crippen molar-refractivity contribution in [3.8, 4) is 5.75 Å². The smallest absolute Gasteiger partial charge is 0.260 e. The Labute approximate surface area is 298 Å². The maximum Gasteiger partial charge on any atom is 0.260 e. The van der Waals surface area contributed by atoms with Gasteiger partial charge >= 0.3 is 0 Å². The summed E-state index contributed by atoms with van der Waals surface area (Å²) < 4.78 is 6.26. The number of hydrogen-bond acceptors (Lipinski definition) is 7. The Morgan fingerprint density at radius 3 is 2.52 bits per heavy atom. The quantitative estimate of drug-likeness (QED) is 0.122. The van der Waals surface area contributed by atoms with Crippen molar-refractivity contribution in [3.05, 3.63) is 82.4 Å². The van der Waals surface area contributed by atoms with Gasteiger partial charge in [0, 0.05) is 55.0 Å². The number of amides is 3. The van der Waals surface area contributed by atoms with Crippen LogP contribution in [0.2, 0.25) is 0 Å². The second-order valence-electron chi connectivity index (χ2n) is 13.4. The van der Waals surface area contributed by atoms with E-state index < -0.39 is 12.0 Å². The van der Waals surface area contributed by atoms with Crippen LogP contribution in [0.15, 0.2) is 54.6 Å². The number of alkyl halides is 1. The number of anilines is 3. The molecule has 50 heavy (non-hydrogen) atoms. The fraction of sp³-hybridized carbons (Fsp3) is 0.410. The van der Waals surface area contributed by atoms with E-state index in [0.717, 1.165) is 34.5 Å². The Morgan fingerprint density at radius 1 is 1.02 bits per heavy atom. The number of rotatable bonds is 15. The predicted molar refractivity (Wildman–Crippen MR) is 195 cm³/mol. The second-order valence-corrected chi connectivity index (χ2v) is 13.7. The van der Waals surface area contributed by atoms with E-state index in [-0.39, 0.29) is 60.7 Å². The molecule has 0 saturated heterocycles. The SMILES string of the molecule is CC(=O)CCCCC(=O)N[C@@H](C)C(=O)C[C@@H](C)C(=O)Nc1cc(CCl)cc(COc2cc3c(cc2C)C(=O)N2c4ccccc4C[C@H]2CN3)c1. The molecule has 264 valence electrons. The van der Waals surface area contributed by atoms with Crippen LogP contribution in [0.5, 0.6) is 5.75 Å². The van der Waals surface area contributed by atoms with E-state index >= 15 is 0 Å². The molecule has 0 spiro atoms. The number of nitrogens with one attached hydrogen (secondary N) is 3. The van der Waals surface area contributed by atoms with Gasteiger partial charge in [-0.15, -0.1) is 11.6 Å². The molecule has 0 radical (unpaired) electrons. The van der Waals surface area contributed by atoms with Crippen LogP contribution in [-0.4, -0.2) is 47.9 Å². The zero-order valence-electron chi connectivity index (χ0n) is 29.1. The first-order valence-electron chi connectivity index (χ1n) is 17.2. The summed E-state index contributed by atoms with van der Waals surface area (Å²) in [4.78, 5) is 64.8. The molecule has 3 N–H and O–H groups in total. The van der Waals surface area contributed by atoms with Crippen molar-refractivity contribution in [3.63, 3.8) is 0 Å². The number of benzene rings is 3. The topological polar surface area (TPSA) is 134 Å². The maximum atomic E-state index is 13.7. The zero-order valence-corrected chi connectivity index (χ0v) is 29.8. The van der Waals surface area contributed by atoms with Crippen molar-refractivity contribution in [2.45, 2.75) is 90.8 Å². The number of para-hydroxylation sites is 1. The van der Waals surface area contributed by atoms with E-state index in [2.05, 4.69) is 22.0 Å². The Morgan fingerprint density at radius 2 is 1.76 bits per heavy atom. The van der Waals surface area contributed by atoms with E-state index in [1.54, 1.807) is 19.9 Å². The molecule has 0 aromatic heterocycles. The highest BCUT2D eigenvalue weighted by molar-refractivity contribution is 6.17. The van der Waals surface area contributed by atoms with Gasteiger partial charge in [0.15, 0.2) is 5.78 Å². The molecule has 0 unspecified atom stereocenters. The molecule has 10 nitrogen and oxygen atoms in total. The number of nitrogens with zero attached hydrogens (tertiary/aromatic N) is 1. The normalized spacial score (nSPS) is 15.8. The summed E-state index contributed by atoms with van der Waals surface area (Å²) in [6, 6.07) is 16.6.